The van der Waals surface area contributed by atoms with Crippen molar-refractivity contribution in [3.05, 3.63) is 181 Å². The molecule has 4 nitrogen and oxygen atoms in total. The molecule has 4 heterocycles. The second-order valence-electron chi connectivity index (χ2n) is 14.9. The fourth-order valence-electron chi connectivity index (χ4n) is 8.78. The Balaban J connectivity index is 1.09. The van der Waals surface area contributed by atoms with E-state index in [1.807, 2.05) is 24.5 Å². The molecule has 254 valence electrons. The maximum Gasteiger partial charge on any atom is 0.0731 e. The molecule has 0 spiro atoms. The molecule has 1 aliphatic heterocycles. The molecule has 2 aliphatic rings. The molecule has 0 radical (unpaired) electrons. The predicted molar refractivity (Wildman–Crippen MR) is 213 cm³/mol. The molecule has 1 fully saturated rings. The van der Waals surface area contributed by atoms with Gasteiger partial charge in [-0.2, -0.15) is 0 Å². The largest absolute Gasteiger partial charge is 0.310 e. The van der Waals surface area contributed by atoms with Gasteiger partial charge in [-0.25, -0.2) is 4.98 Å². The predicted octanol–water partition coefficient (Wildman–Crippen LogP) is 12.2. The van der Waals surface area contributed by atoms with Crippen molar-refractivity contribution in [2.75, 3.05) is 4.90 Å². The molecule has 0 saturated heterocycles. The average molecular weight is 675 g/mol. The van der Waals surface area contributed by atoms with Gasteiger partial charge in [0.05, 0.1) is 22.8 Å². The zero-order valence-corrected chi connectivity index (χ0v) is 29.8. The van der Waals surface area contributed by atoms with Gasteiger partial charge in [-0.3, -0.25) is 9.97 Å². The molecule has 0 atom stereocenters. The summed E-state index contributed by atoms with van der Waals surface area (Å²) in [6, 6.07) is 49.1. The topological polar surface area (TPSA) is 41.9 Å². The third-order valence-corrected chi connectivity index (χ3v) is 11.5. The standard InChI is InChI=1S/C48H42N4/c1-47(2)41-14-4-6-16-45(41)52(46-17-7-5-15-42(46)47)40-24-22-39(23-25-40)48(26-8-3-9-27-48)38-20-18-34(19-21-38)37-30-43(35-12-10-28-49-32-35)51-44(31-37)36-13-11-29-50-33-36/h4-7,10-25,28-33H,3,8-9,26-27H2,1-2H3. The lowest BCUT2D eigenvalue weighted by Crippen LogP contribution is -2.31. The SMILES string of the molecule is CC1(C)c2ccccc2N(c2ccc(C3(c4ccc(-c5cc(-c6cccnc6)nc(-c6cccnc6)c5)cc4)CCCCC3)cc2)c2ccccc21. The Hall–Kier alpha value is -5.87. The highest BCUT2D eigenvalue weighted by molar-refractivity contribution is 5.86. The van der Waals surface area contributed by atoms with E-state index in [0.717, 1.165) is 40.9 Å². The molecule has 0 unspecified atom stereocenters. The Kier molecular flexibility index (Phi) is 8.03. The van der Waals surface area contributed by atoms with Crippen molar-refractivity contribution in [3.8, 4) is 33.6 Å². The van der Waals surface area contributed by atoms with Crippen LogP contribution in [0, 0.1) is 0 Å². The normalized spacial score (nSPS) is 15.8. The van der Waals surface area contributed by atoms with E-state index in [9.17, 15) is 0 Å². The number of para-hydroxylation sites is 2. The molecule has 4 heteroatoms. The first-order chi connectivity index (χ1) is 25.5. The maximum atomic E-state index is 5.03. The molecule has 1 saturated carbocycles. The van der Waals surface area contributed by atoms with Gasteiger partial charge < -0.3 is 4.90 Å². The molecular weight excluding hydrogens is 633 g/mol. The number of rotatable bonds is 6. The van der Waals surface area contributed by atoms with Crippen LogP contribution in [0.2, 0.25) is 0 Å². The Morgan fingerprint density at radius 1 is 0.500 bits per heavy atom. The van der Waals surface area contributed by atoms with Gasteiger partial charge in [0, 0.05) is 52.4 Å². The van der Waals surface area contributed by atoms with Crippen LogP contribution in [0.5, 0.6) is 0 Å². The van der Waals surface area contributed by atoms with Crippen LogP contribution >= 0.6 is 0 Å². The third-order valence-electron chi connectivity index (χ3n) is 11.5. The van der Waals surface area contributed by atoms with Gasteiger partial charge in [0.2, 0.25) is 0 Å². The number of hydrogen-bond donors (Lipinski definition) is 0. The van der Waals surface area contributed by atoms with Gasteiger partial charge in [0.1, 0.15) is 0 Å². The fraction of sp³-hybridized carbons (Fsp3) is 0.188. The lowest BCUT2D eigenvalue weighted by atomic mass is 9.65. The van der Waals surface area contributed by atoms with E-state index >= 15 is 0 Å². The van der Waals surface area contributed by atoms with Crippen molar-refractivity contribution in [2.45, 2.75) is 56.8 Å². The number of anilines is 3. The van der Waals surface area contributed by atoms with Crippen LogP contribution in [0.25, 0.3) is 33.6 Å². The first-order valence-electron chi connectivity index (χ1n) is 18.5. The Morgan fingerprint density at radius 3 is 1.54 bits per heavy atom. The number of hydrogen-bond acceptors (Lipinski definition) is 4. The van der Waals surface area contributed by atoms with Gasteiger partial charge >= 0.3 is 0 Å². The van der Waals surface area contributed by atoms with Crippen molar-refractivity contribution >= 4 is 17.1 Å². The summed E-state index contributed by atoms with van der Waals surface area (Å²) in [5.41, 5.74) is 15.3. The highest BCUT2D eigenvalue weighted by Crippen LogP contribution is 2.52. The van der Waals surface area contributed by atoms with Crippen molar-refractivity contribution in [3.63, 3.8) is 0 Å². The van der Waals surface area contributed by atoms with E-state index in [-0.39, 0.29) is 10.8 Å². The second kappa shape index (κ2) is 13.0. The van der Waals surface area contributed by atoms with Gasteiger partial charge in [0.25, 0.3) is 0 Å². The molecule has 0 bridgehead atoms. The number of fused-ring (bicyclic) bond motifs is 2. The molecule has 3 aromatic heterocycles. The Bertz CT molecular complexity index is 2230. The summed E-state index contributed by atoms with van der Waals surface area (Å²) < 4.78 is 0. The lowest BCUT2D eigenvalue weighted by molar-refractivity contribution is 0.346. The first-order valence-corrected chi connectivity index (χ1v) is 18.5. The zero-order chi connectivity index (χ0) is 35.1. The van der Waals surface area contributed by atoms with Gasteiger partial charge in [-0.1, -0.05) is 106 Å². The van der Waals surface area contributed by atoms with E-state index in [1.54, 1.807) is 12.4 Å². The van der Waals surface area contributed by atoms with E-state index < -0.39 is 0 Å². The quantitative estimate of drug-likeness (QED) is 0.176. The Morgan fingerprint density at radius 2 is 1.02 bits per heavy atom. The number of pyridine rings is 3. The summed E-state index contributed by atoms with van der Waals surface area (Å²) in [7, 11) is 0. The highest BCUT2D eigenvalue weighted by Gasteiger charge is 2.38. The van der Waals surface area contributed by atoms with Gasteiger partial charge in [0.15, 0.2) is 0 Å². The molecule has 0 amide bonds. The summed E-state index contributed by atoms with van der Waals surface area (Å²) in [5.74, 6) is 0. The summed E-state index contributed by atoms with van der Waals surface area (Å²) in [6.07, 6.45) is 13.4. The van der Waals surface area contributed by atoms with E-state index in [2.05, 4.69) is 150 Å². The Labute approximate surface area is 306 Å². The van der Waals surface area contributed by atoms with Crippen LogP contribution in [0.3, 0.4) is 0 Å². The van der Waals surface area contributed by atoms with Crippen LogP contribution in [0.4, 0.5) is 17.1 Å². The van der Waals surface area contributed by atoms with E-state index in [4.69, 9.17) is 4.98 Å². The summed E-state index contributed by atoms with van der Waals surface area (Å²) in [5, 5.41) is 0. The lowest BCUT2D eigenvalue weighted by Gasteiger charge is -2.42. The fourth-order valence-corrected chi connectivity index (χ4v) is 8.78. The monoisotopic (exact) mass is 674 g/mol. The van der Waals surface area contributed by atoms with E-state index in [0.29, 0.717) is 0 Å². The molecule has 1 aliphatic carbocycles. The van der Waals surface area contributed by atoms with Crippen LogP contribution in [0.15, 0.2) is 158 Å². The second-order valence-corrected chi connectivity index (χ2v) is 14.9. The summed E-state index contributed by atoms with van der Waals surface area (Å²) in [4.78, 5) is 16.2. The molecule has 9 rings (SSSR count). The molecule has 4 aromatic carbocycles. The average Bonchev–Trinajstić information content (AvgIpc) is 3.22. The smallest absolute Gasteiger partial charge is 0.0731 e. The van der Waals surface area contributed by atoms with Crippen LogP contribution in [-0.4, -0.2) is 15.0 Å². The van der Waals surface area contributed by atoms with Crippen molar-refractivity contribution in [1.29, 1.82) is 0 Å². The minimum Gasteiger partial charge on any atom is -0.310 e. The van der Waals surface area contributed by atoms with E-state index in [1.165, 1.54) is 64.1 Å². The number of aromatic nitrogens is 3. The zero-order valence-electron chi connectivity index (χ0n) is 29.8. The molecule has 52 heavy (non-hydrogen) atoms. The number of nitrogens with zero attached hydrogens (tertiary/aromatic N) is 4. The van der Waals surface area contributed by atoms with Crippen LogP contribution < -0.4 is 4.90 Å². The van der Waals surface area contributed by atoms with Gasteiger partial charge in [-0.15, -0.1) is 0 Å². The maximum absolute atomic E-state index is 5.03. The van der Waals surface area contributed by atoms with Crippen molar-refractivity contribution in [1.82, 2.24) is 15.0 Å². The number of benzene rings is 4. The molecule has 7 aromatic rings. The third kappa shape index (κ3) is 5.50. The summed E-state index contributed by atoms with van der Waals surface area (Å²) >= 11 is 0. The van der Waals surface area contributed by atoms with Crippen molar-refractivity contribution in [2.24, 2.45) is 0 Å². The molecule has 0 N–H and O–H groups in total. The summed E-state index contributed by atoms with van der Waals surface area (Å²) in [6.45, 7) is 4.69. The minimum atomic E-state index is -0.0706. The highest BCUT2D eigenvalue weighted by atomic mass is 15.2. The molecular formula is C48H42N4. The first kappa shape index (κ1) is 32.1. The van der Waals surface area contributed by atoms with Crippen LogP contribution in [-0.2, 0) is 10.8 Å². The van der Waals surface area contributed by atoms with Crippen molar-refractivity contribution < 1.29 is 0 Å². The minimum absolute atomic E-state index is 0.0189. The van der Waals surface area contributed by atoms with Crippen LogP contribution in [0.1, 0.15) is 68.2 Å². The van der Waals surface area contributed by atoms with Gasteiger partial charge in [-0.05, 0) is 107 Å².